The average Bonchev–Trinajstić information content (AvgIpc) is 3.47. The maximum Gasteiger partial charge on any atom is 0.266 e. The SMILES string of the molecule is CC1(C)[C@H]2CC[C@]1(c1cccc(-c3nnc(CO)o3)n1)c1nnc(-c3c(F)cccc3F)cc12. The van der Waals surface area contributed by atoms with E-state index < -0.39 is 17.0 Å². The first-order chi connectivity index (χ1) is 16.4. The largest absolute Gasteiger partial charge is 0.417 e. The standard InChI is InChI=1S/C25H21F2N5O2/c1-24(2)14-9-10-25(24,19-8-4-7-17(28-19)23-32-30-20(12-33)34-23)22-13(14)11-18(29-31-22)21-15(26)5-3-6-16(21)27/h3-8,11,14,33H,9-10,12H2,1-2H3/t14-,25-/m0/s1. The maximum atomic E-state index is 14.4. The van der Waals surface area contributed by atoms with Crippen LogP contribution in [-0.2, 0) is 12.0 Å². The van der Waals surface area contributed by atoms with Gasteiger partial charge >= 0.3 is 0 Å². The summed E-state index contributed by atoms with van der Waals surface area (Å²) in [5.74, 6) is -0.845. The van der Waals surface area contributed by atoms with Crippen LogP contribution in [0.3, 0.4) is 0 Å². The molecule has 1 N–H and O–H groups in total. The summed E-state index contributed by atoms with van der Waals surface area (Å²) in [5.41, 5.74) is 2.30. The van der Waals surface area contributed by atoms with Crippen molar-refractivity contribution in [2.75, 3.05) is 0 Å². The summed E-state index contributed by atoms with van der Waals surface area (Å²) in [6.07, 6.45) is 1.72. The second-order valence-corrected chi connectivity index (χ2v) is 9.42. The Morgan fingerprint density at radius 3 is 2.50 bits per heavy atom. The van der Waals surface area contributed by atoms with Crippen LogP contribution >= 0.6 is 0 Å². The number of aliphatic hydroxyl groups is 1. The maximum absolute atomic E-state index is 14.4. The van der Waals surface area contributed by atoms with Crippen molar-refractivity contribution >= 4 is 0 Å². The number of benzene rings is 1. The van der Waals surface area contributed by atoms with Crippen molar-refractivity contribution < 1.29 is 18.3 Å². The summed E-state index contributed by atoms with van der Waals surface area (Å²) < 4.78 is 34.4. The highest BCUT2D eigenvalue weighted by atomic mass is 19.1. The minimum atomic E-state index is -0.664. The zero-order chi connectivity index (χ0) is 23.7. The number of aromatic nitrogens is 5. The first kappa shape index (κ1) is 21.0. The van der Waals surface area contributed by atoms with Crippen LogP contribution in [0.5, 0.6) is 0 Å². The lowest BCUT2D eigenvalue weighted by Crippen LogP contribution is -2.37. The van der Waals surface area contributed by atoms with E-state index in [4.69, 9.17) is 9.40 Å². The van der Waals surface area contributed by atoms with Crippen LogP contribution in [0.15, 0.2) is 46.9 Å². The number of aliphatic hydroxyl groups excluding tert-OH is 1. The van der Waals surface area contributed by atoms with Gasteiger partial charge in [-0.3, -0.25) is 0 Å². The minimum Gasteiger partial charge on any atom is -0.417 e. The van der Waals surface area contributed by atoms with Crippen molar-refractivity contribution in [1.29, 1.82) is 0 Å². The van der Waals surface area contributed by atoms with Crippen molar-refractivity contribution in [2.45, 2.75) is 44.6 Å². The zero-order valence-corrected chi connectivity index (χ0v) is 18.6. The molecule has 3 heterocycles. The summed E-state index contributed by atoms with van der Waals surface area (Å²) >= 11 is 0. The first-order valence-corrected chi connectivity index (χ1v) is 11.1. The summed E-state index contributed by atoms with van der Waals surface area (Å²) in [6.45, 7) is 4.01. The summed E-state index contributed by atoms with van der Waals surface area (Å²) in [7, 11) is 0. The molecule has 2 atom stereocenters. The highest BCUT2D eigenvalue weighted by Gasteiger charge is 2.65. The van der Waals surface area contributed by atoms with E-state index in [1.165, 1.54) is 18.2 Å². The van der Waals surface area contributed by atoms with Crippen LogP contribution in [0.1, 0.15) is 55.4 Å². The second kappa shape index (κ2) is 7.20. The van der Waals surface area contributed by atoms with Crippen molar-refractivity contribution in [3.63, 3.8) is 0 Å². The molecule has 0 amide bonds. The third kappa shape index (κ3) is 2.67. The molecule has 0 spiro atoms. The van der Waals surface area contributed by atoms with Gasteiger partial charge in [-0.05, 0) is 60.1 Å². The van der Waals surface area contributed by atoms with E-state index in [9.17, 15) is 13.9 Å². The first-order valence-electron chi connectivity index (χ1n) is 11.1. The highest BCUT2D eigenvalue weighted by Crippen LogP contribution is 2.69. The summed E-state index contributed by atoms with van der Waals surface area (Å²) in [4.78, 5) is 4.88. The van der Waals surface area contributed by atoms with Crippen molar-refractivity contribution in [3.8, 4) is 22.8 Å². The number of pyridine rings is 1. The van der Waals surface area contributed by atoms with Gasteiger partial charge in [-0.25, -0.2) is 13.8 Å². The molecule has 0 aliphatic heterocycles. The summed E-state index contributed by atoms with van der Waals surface area (Å²) in [5, 5.41) is 25.9. The van der Waals surface area contributed by atoms with Gasteiger partial charge in [0.2, 0.25) is 5.89 Å². The van der Waals surface area contributed by atoms with Crippen LogP contribution in [0.25, 0.3) is 22.8 Å². The smallest absolute Gasteiger partial charge is 0.266 e. The Morgan fingerprint density at radius 1 is 1.00 bits per heavy atom. The molecule has 9 heteroatoms. The van der Waals surface area contributed by atoms with E-state index in [-0.39, 0.29) is 41.0 Å². The van der Waals surface area contributed by atoms with Gasteiger partial charge in [0.05, 0.1) is 28.1 Å². The van der Waals surface area contributed by atoms with Crippen molar-refractivity contribution in [3.05, 3.63) is 76.9 Å². The molecule has 1 aromatic carbocycles. The molecule has 2 aliphatic carbocycles. The van der Waals surface area contributed by atoms with Gasteiger partial charge < -0.3 is 9.52 Å². The molecule has 7 nitrogen and oxygen atoms in total. The fourth-order valence-electron chi connectivity index (χ4n) is 5.97. The Kier molecular flexibility index (Phi) is 4.44. The fourth-order valence-corrected chi connectivity index (χ4v) is 5.97. The number of nitrogens with zero attached hydrogens (tertiary/aromatic N) is 5. The van der Waals surface area contributed by atoms with E-state index >= 15 is 0 Å². The van der Waals surface area contributed by atoms with Crippen LogP contribution in [-0.4, -0.2) is 30.5 Å². The average molecular weight is 461 g/mol. The molecule has 172 valence electrons. The molecule has 0 radical (unpaired) electrons. The predicted octanol–water partition coefficient (Wildman–Crippen LogP) is 4.56. The molecule has 0 saturated heterocycles. The molecule has 0 unspecified atom stereocenters. The van der Waals surface area contributed by atoms with E-state index in [2.05, 4.69) is 34.2 Å². The van der Waals surface area contributed by atoms with E-state index in [0.717, 1.165) is 29.8 Å². The number of rotatable bonds is 4. The van der Waals surface area contributed by atoms with Gasteiger partial charge in [0, 0.05) is 0 Å². The Morgan fingerprint density at radius 2 is 1.76 bits per heavy atom. The third-order valence-corrected chi connectivity index (χ3v) is 7.61. The molecule has 1 fully saturated rings. The molecule has 1 saturated carbocycles. The number of hydrogen-bond acceptors (Lipinski definition) is 7. The molecular weight excluding hydrogens is 440 g/mol. The van der Waals surface area contributed by atoms with Crippen LogP contribution in [0.2, 0.25) is 0 Å². The lowest BCUT2D eigenvalue weighted by molar-refractivity contribution is 0.240. The highest BCUT2D eigenvalue weighted by molar-refractivity contribution is 5.64. The van der Waals surface area contributed by atoms with Gasteiger partial charge in [0.25, 0.3) is 5.89 Å². The third-order valence-electron chi connectivity index (χ3n) is 7.61. The Labute approximate surface area is 193 Å². The van der Waals surface area contributed by atoms with Gasteiger partial charge in [-0.15, -0.1) is 15.3 Å². The molecule has 4 aromatic rings. The molecule has 34 heavy (non-hydrogen) atoms. The Hall–Kier alpha value is -3.59. The zero-order valence-electron chi connectivity index (χ0n) is 18.6. The Balaban J connectivity index is 1.51. The van der Waals surface area contributed by atoms with Gasteiger partial charge in [0.15, 0.2) is 0 Å². The molecular formula is C25H21F2N5O2. The lowest BCUT2D eigenvalue weighted by Gasteiger charge is -2.37. The fraction of sp³-hybridized carbons (Fsp3) is 0.320. The molecule has 2 bridgehead atoms. The molecule has 6 rings (SSSR count). The minimum absolute atomic E-state index is 0.117. The van der Waals surface area contributed by atoms with Crippen LogP contribution in [0, 0.1) is 17.0 Å². The van der Waals surface area contributed by atoms with Crippen LogP contribution < -0.4 is 0 Å². The topological polar surface area (TPSA) is 97.8 Å². The van der Waals surface area contributed by atoms with Gasteiger partial charge in [0.1, 0.15) is 23.9 Å². The van der Waals surface area contributed by atoms with Crippen molar-refractivity contribution in [1.82, 2.24) is 25.4 Å². The predicted molar refractivity (Wildman–Crippen MR) is 117 cm³/mol. The molecule has 2 aliphatic rings. The summed E-state index contributed by atoms with van der Waals surface area (Å²) in [6, 6.07) is 11.2. The van der Waals surface area contributed by atoms with Gasteiger partial charge in [-0.2, -0.15) is 5.10 Å². The normalized spacial score (nSPS) is 22.2. The quantitative estimate of drug-likeness (QED) is 0.476. The van der Waals surface area contributed by atoms with E-state index in [0.29, 0.717) is 5.69 Å². The van der Waals surface area contributed by atoms with Crippen LogP contribution in [0.4, 0.5) is 8.78 Å². The Bertz CT molecular complexity index is 1420. The van der Waals surface area contributed by atoms with Crippen molar-refractivity contribution in [2.24, 2.45) is 5.41 Å². The number of hydrogen-bond donors (Lipinski definition) is 1. The lowest BCUT2D eigenvalue weighted by atomic mass is 9.66. The van der Waals surface area contributed by atoms with Gasteiger partial charge in [-0.1, -0.05) is 26.0 Å². The van der Waals surface area contributed by atoms with E-state index in [1.54, 1.807) is 12.1 Å². The number of halogens is 2. The second-order valence-electron chi connectivity index (χ2n) is 9.42. The monoisotopic (exact) mass is 461 g/mol. The number of fused-ring (bicyclic) bond motifs is 5. The van der Waals surface area contributed by atoms with E-state index in [1.807, 2.05) is 12.1 Å². The molecule has 3 aromatic heterocycles.